The maximum Gasteiger partial charge on any atom is 0.414 e. The molecule has 1 aromatic carbocycles. The van der Waals surface area contributed by atoms with Gasteiger partial charge in [-0.05, 0) is 35.4 Å². The summed E-state index contributed by atoms with van der Waals surface area (Å²) in [6.45, 7) is 0.0727. The van der Waals surface area contributed by atoms with E-state index in [0.29, 0.717) is 16.0 Å². The maximum absolute atomic E-state index is 11.8. The van der Waals surface area contributed by atoms with Crippen molar-refractivity contribution in [3.8, 4) is 10.4 Å². The lowest BCUT2D eigenvalue weighted by atomic mass is 10.1. The van der Waals surface area contributed by atoms with Gasteiger partial charge in [-0.15, -0.1) is 11.3 Å². The molecule has 2 heterocycles. The van der Waals surface area contributed by atoms with E-state index < -0.39 is 12.0 Å². The molecule has 0 saturated heterocycles. The Morgan fingerprint density at radius 1 is 1.30 bits per heavy atom. The molecule has 2 amide bonds. The summed E-state index contributed by atoms with van der Waals surface area (Å²) in [6, 6.07) is 8.77. The molecule has 3 rings (SSSR count). The zero-order valence-electron chi connectivity index (χ0n) is 10.2. The molecule has 0 saturated carbocycles. The summed E-state index contributed by atoms with van der Waals surface area (Å²) in [5.41, 5.74) is 1.99. The topological polar surface area (TPSA) is 74.7 Å². The lowest BCUT2D eigenvalue weighted by Crippen LogP contribution is -2.29. The first-order chi connectivity index (χ1) is 9.60. The summed E-state index contributed by atoms with van der Waals surface area (Å²) in [4.78, 5) is 35.8. The van der Waals surface area contributed by atoms with Gasteiger partial charge in [-0.3, -0.25) is 9.59 Å². The number of hydrogen-bond donors (Lipinski definition) is 1. The summed E-state index contributed by atoms with van der Waals surface area (Å²) >= 11 is 1.36. The summed E-state index contributed by atoms with van der Waals surface area (Å²) in [5.74, 6) is -0.487. The second kappa shape index (κ2) is 4.57. The van der Waals surface area contributed by atoms with E-state index in [4.69, 9.17) is 5.11 Å². The van der Waals surface area contributed by atoms with Gasteiger partial charge in [-0.2, -0.15) is 0 Å². The van der Waals surface area contributed by atoms with E-state index in [9.17, 15) is 14.4 Å². The van der Waals surface area contributed by atoms with Crippen molar-refractivity contribution < 1.29 is 19.5 Å². The number of aldehydes is 1. The highest BCUT2D eigenvalue weighted by molar-refractivity contribution is 7.17. The number of rotatable bonds is 2. The molecule has 5 nitrogen and oxygen atoms in total. The lowest BCUT2D eigenvalue weighted by Gasteiger charge is -2.06. The van der Waals surface area contributed by atoms with E-state index in [1.165, 1.54) is 11.3 Å². The fraction of sp³-hybridized carbons (Fsp3) is 0.0714. The monoisotopic (exact) mass is 287 g/mol. The Balaban J connectivity index is 2.00. The predicted octanol–water partition coefficient (Wildman–Crippen LogP) is 2.86. The molecule has 0 fully saturated rings. The number of fused-ring (bicyclic) bond motifs is 1. The third kappa shape index (κ3) is 1.90. The molecule has 0 bridgehead atoms. The van der Waals surface area contributed by atoms with Gasteiger partial charge in [0.25, 0.3) is 5.91 Å². The first-order valence-corrected chi connectivity index (χ1v) is 6.65. The van der Waals surface area contributed by atoms with Gasteiger partial charge in [0.15, 0.2) is 6.29 Å². The normalized spacial score (nSPS) is 13.4. The molecule has 2 aromatic rings. The van der Waals surface area contributed by atoms with Crippen LogP contribution in [0.1, 0.15) is 25.6 Å². The Kier molecular flexibility index (Phi) is 2.87. The van der Waals surface area contributed by atoms with E-state index in [-0.39, 0.29) is 6.54 Å². The smallest absolute Gasteiger partial charge is 0.414 e. The standard InChI is InChI=1S/C14H9NO4S/c16-7-10-2-4-12(20-10)8-1-3-11-9(5-8)6-15(13(11)17)14(18)19/h1-5,7H,6H2,(H,18,19). The molecular weight excluding hydrogens is 278 g/mol. The molecule has 0 radical (unpaired) electrons. The van der Waals surface area contributed by atoms with Gasteiger partial charge < -0.3 is 5.11 Å². The van der Waals surface area contributed by atoms with Crippen LogP contribution < -0.4 is 0 Å². The number of amides is 2. The number of imide groups is 1. The van der Waals surface area contributed by atoms with Gasteiger partial charge >= 0.3 is 6.09 Å². The van der Waals surface area contributed by atoms with Crippen LogP contribution in [-0.4, -0.2) is 28.3 Å². The summed E-state index contributed by atoms with van der Waals surface area (Å²) in [7, 11) is 0. The van der Waals surface area contributed by atoms with Crippen LogP contribution in [0.15, 0.2) is 30.3 Å². The molecular formula is C14H9NO4S. The minimum absolute atomic E-state index is 0.0727. The number of carboxylic acid groups (broad SMARTS) is 1. The Bertz CT molecular complexity index is 735. The second-order valence-corrected chi connectivity index (χ2v) is 5.48. The fourth-order valence-electron chi connectivity index (χ4n) is 2.20. The number of carbonyl (C=O) groups is 3. The molecule has 0 atom stereocenters. The highest BCUT2D eigenvalue weighted by atomic mass is 32.1. The summed E-state index contributed by atoms with van der Waals surface area (Å²) in [5, 5.41) is 8.95. The molecule has 0 unspecified atom stereocenters. The Labute approximate surface area is 118 Å². The van der Waals surface area contributed by atoms with E-state index in [1.807, 2.05) is 6.07 Å². The first-order valence-electron chi connectivity index (χ1n) is 5.83. The number of nitrogens with zero attached hydrogens (tertiary/aromatic N) is 1. The number of hydrogen-bond acceptors (Lipinski definition) is 4. The second-order valence-electron chi connectivity index (χ2n) is 4.37. The molecule has 100 valence electrons. The lowest BCUT2D eigenvalue weighted by molar-refractivity contribution is 0.0763. The zero-order valence-corrected chi connectivity index (χ0v) is 11.0. The van der Waals surface area contributed by atoms with Gasteiger partial charge in [0.1, 0.15) is 0 Å². The van der Waals surface area contributed by atoms with Crippen LogP contribution in [0.4, 0.5) is 4.79 Å². The van der Waals surface area contributed by atoms with Crippen molar-refractivity contribution in [2.75, 3.05) is 0 Å². The van der Waals surface area contributed by atoms with Crippen LogP contribution in [0.5, 0.6) is 0 Å². The maximum atomic E-state index is 11.8. The van der Waals surface area contributed by atoms with Crippen molar-refractivity contribution in [1.82, 2.24) is 4.90 Å². The quantitative estimate of drug-likeness (QED) is 0.862. The highest BCUT2D eigenvalue weighted by Crippen LogP contribution is 2.32. The third-order valence-electron chi connectivity index (χ3n) is 3.17. The van der Waals surface area contributed by atoms with E-state index in [1.54, 1.807) is 24.3 Å². The van der Waals surface area contributed by atoms with Gasteiger partial charge in [0.05, 0.1) is 11.4 Å². The van der Waals surface area contributed by atoms with E-state index >= 15 is 0 Å². The van der Waals surface area contributed by atoms with Crippen LogP contribution in [0.3, 0.4) is 0 Å². The molecule has 6 heteroatoms. The van der Waals surface area contributed by atoms with Crippen molar-refractivity contribution in [3.63, 3.8) is 0 Å². The molecule has 1 aromatic heterocycles. The molecule has 1 aliphatic rings. The Hall–Kier alpha value is -2.47. The molecule has 0 spiro atoms. The Morgan fingerprint density at radius 3 is 2.75 bits per heavy atom. The van der Waals surface area contributed by atoms with E-state index in [0.717, 1.165) is 21.6 Å². The van der Waals surface area contributed by atoms with Gasteiger partial charge in [0.2, 0.25) is 0 Å². The molecule has 20 heavy (non-hydrogen) atoms. The minimum atomic E-state index is -1.24. The highest BCUT2D eigenvalue weighted by Gasteiger charge is 2.31. The van der Waals surface area contributed by atoms with Crippen molar-refractivity contribution in [2.45, 2.75) is 6.54 Å². The van der Waals surface area contributed by atoms with Gasteiger partial charge in [-0.1, -0.05) is 6.07 Å². The molecule has 0 aliphatic carbocycles. The van der Waals surface area contributed by atoms with Gasteiger partial charge in [0, 0.05) is 10.4 Å². The average Bonchev–Trinajstić information content (AvgIpc) is 3.03. The third-order valence-corrected chi connectivity index (χ3v) is 4.23. The average molecular weight is 287 g/mol. The van der Waals surface area contributed by atoms with Crippen LogP contribution in [0.2, 0.25) is 0 Å². The van der Waals surface area contributed by atoms with Crippen molar-refractivity contribution in [3.05, 3.63) is 46.3 Å². The SMILES string of the molecule is O=Cc1ccc(-c2ccc3c(c2)CN(C(=O)O)C3=O)s1. The first kappa shape index (κ1) is 12.6. The number of thiophene rings is 1. The van der Waals surface area contributed by atoms with E-state index in [2.05, 4.69) is 0 Å². The minimum Gasteiger partial charge on any atom is -0.465 e. The largest absolute Gasteiger partial charge is 0.465 e. The van der Waals surface area contributed by atoms with Crippen LogP contribution >= 0.6 is 11.3 Å². The predicted molar refractivity (Wildman–Crippen MR) is 73.0 cm³/mol. The Morgan fingerprint density at radius 2 is 2.10 bits per heavy atom. The summed E-state index contributed by atoms with van der Waals surface area (Å²) in [6.07, 6.45) is -0.455. The summed E-state index contributed by atoms with van der Waals surface area (Å²) < 4.78 is 0. The van der Waals surface area contributed by atoms with Crippen molar-refractivity contribution in [1.29, 1.82) is 0 Å². The fourth-order valence-corrected chi connectivity index (χ4v) is 3.02. The molecule has 1 aliphatic heterocycles. The van der Waals surface area contributed by atoms with Crippen molar-refractivity contribution >= 4 is 29.6 Å². The molecule has 1 N–H and O–H groups in total. The van der Waals surface area contributed by atoms with Crippen LogP contribution in [-0.2, 0) is 6.54 Å². The van der Waals surface area contributed by atoms with Gasteiger partial charge in [-0.25, -0.2) is 9.69 Å². The zero-order chi connectivity index (χ0) is 14.3. The number of benzene rings is 1. The number of carbonyl (C=O) groups excluding carboxylic acids is 2. The van der Waals surface area contributed by atoms with Crippen molar-refractivity contribution in [2.24, 2.45) is 0 Å². The van der Waals surface area contributed by atoms with Crippen LogP contribution in [0, 0.1) is 0 Å². The van der Waals surface area contributed by atoms with Crippen LogP contribution in [0.25, 0.3) is 10.4 Å².